The molecule has 0 aromatic heterocycles. The Kier molecular flexibility index (Phi) is 3.61. The zero-order chi connectivity index (χ0) is 12.6. The number of nitrogens with zero attached hydrogens (tertiary/aromatic N) is 1. The van der Waals surface area contributed by atoms with Crippen molar-refractivity contribution in [1.82, 2.24) is 4.90 Å². The van der Waals surface area contributed by atoms with Crippen LogP contribution in [0.3, 0.4) is 0 Å². The Balaban J connectivity index is 2.48. The first-order valence-corrected chi connectivity index (χ1v) is 6.30. The van der Waals surface area contributed by atoms with E-state index in [-0.39, 0.29) is 18.0 Å². The molecule has 1 aliphatic rings. The molecular formula is C12H14Cl2N2O. The summed E-state index contributed by atoms with van der Waals surface area (Å²) in [6.07, 6.45) is 0.347. The molecule has 1 saturated heterocycles. The Hall–Kier alpha value is -0.770. The molecule has 0 spiro atoms. The highest BCUT2D eigenvalue weighted by Crippen LogP contribution is 2.39. The van der Waals surface area contributed by atoms with Gasteiger partial charge in [-0.25, -0.2) is 0 Å². The second kappa shape index (κ2) is 4.84. The molecule has 1 heterocycles. The predicted octanol–water partition coefficient (Wildman–Crippen LogP) is 2.61. The van der Waals surface area contributed by atoms with Crippen molar-refractivity contribution < 1.29 is 4.79 Å². The van der Waals surface area contributed by atoms with Gasteiger partial charge in [-0.1, -0.05) is 29.3 Å². The van der Waals surface area contributed by atoms with E-state index in [4.69, 9.17) is 28.9 Å². The number of hydrogen-bond acceptors (Lipinski definition) is 2. The first-order valence-electron chi connectivity index (χ1n) is 5.55. The van der Waals surface area contributed by atoms with Gasteiger partial charge >= 0.3 is 0 Å². The van der Waals surface area contributed by atoms with E-state index in [1.54, 1.807) is 23.1 Å². The quantitative estimate of drug-likeness (QED) is 0.900. The number of carbonyl (C=O) groups excluding carboxylic acids is 1. The fraction of sp³-hybridized carbons (Fsp3) is 0.417. The highest BCUT2D eigenvalue weighted by atomic mass is 35.5. The van der Waals surface area contributed by atoms with Gasteiger partial charge in [0.05, 0.1) is 6.04 Å². The van der Waals surface area contributed by atoms with Gasteiger partial charge in [-0.2, -0.15) is 0 Å². The molecule has 2 unspecified atom stereocenters. The lowest BCUT2D eigenvalue weighted by Crippen LogP contribution is -2.33. The van der Waals surface area contributed by atoms with Crippen molar-refractivity contribution in [2.45, 2.75) is 25.4 Å². The molecule has 3 nitrogen and oxygen atoms in total. The molecule has 0 bridgehead atoms. The van der Waals surface area contributed by atoms with Gasteiger partial charge < -0.3 is 10.6 Å². The molecule has 92 valence electrons. The number of amides is 1. The molecule has 1 aliphatic heterocycles. The van der Waals surface area contributed by atoms with Gasteiger partial charge in [0.15, 0.2) is 0 Å². The number of halogens is 2. The van der Waals surface area contributed by atoms with Crippen LogP contribution in [0.2, 0.25) is 10.0 Å². The number of rotatable bonds is 2. The summed E-state index contributed by atoms with van der Waals surface area (Å²) in [5.41, 5.74) is 6.79. The molecule has 1 aromatic rings. The second-order valence-electron chi connectivity index (χ2n) is 4.13. The summed E-state index contributed by atoms with van der Waals surface area (Å²) >= 11 is 12.3. The van der Waals surface area contributed by atoms with Crippen molar-refractivity contribution in [2.24, 2.45) is 5.73 Å². The second-order valence-corrected chi connectivity index (χ2v) is 4.94. The van der Waals surface area contributed by atoms with Crippen LogP contribution in [0.15, 0.2) is 18.2 Å². The van der Waals surface area contributed by atoms with Crippen LogP contribution in [-0.4, -0.2) is 23.4 Å². The highest BCUT2D eigenvalue weighted by Gasteiger charge is 2.39. The van der Waals surface area contributed by atoms with E-state index in [1.807, 2.05) is 6.92 Å². The Labute approximate surface area is 110 Å². The average Bonchev–Trinajstić information content (AvgIpc) is 2.53. The van der Waals surface area contributed by atoms with Crippen LogP contribution in [0, 0.1) is 0 Å². The van der Waals surface area contributed by atoms with Crippen LogP contribution in [0.4, 0.5) is 0 Å². The van der Waals surface area contributed by atoms with E-state index in [0.29, 0.717) is 23.0 Å². The summed E-state index contributed by atoms with van der Waals surface area (Å²) in [4.78, 5) is 13.5. The van der Waals surface area contributed by atoms with Crippen LogP contribution >= 0.6 is 23.2 Å². The molecular weight excluding hydrogens is 259 g/mol. The van der Waals surface area contributed by atoms with E-state index in [1.165, 1.54) is 0 Å². The van der Waals surface area contributed by atoms with Crippen LogP contribution in [0.1, 0.15) is 24.9 Å². The fourth-order valence-corrected chi connectivity index (χ4v) is 2.97. The molecule has 1 fully saturated rings. The lowest BCUT2D eigenvalue weighted by atomic mass is 10.0. The monoisotopic (exact) mass is 272 g/mol. The Morgan fingerprint density at radius 1 is 1.41 bits per heavy atom. The van der Waals surface area contributed by atoms with Crippen molar-refractivity contribution in [2.75, 3.05) is 6.54 Å². The number of carbonyl (C=O) groups is 1. The van der Waals surface area contributed by atoms with Gasteiger partial charge in [-0.15, -0.1) is 0 Å². The summed E-state index contributed by atoms with van der Waals surface area (Å²) in [7, 11) is 0. The smallest absolute Gasteiger partial charge is 0.224 e. The SMILES string of the molecule is CCN1C(=O)CC(N)C1c1c(Cl)cccc1Cl. The van der Waals surface area contributed by atoms with Crippen molar-refractivity contribution in [1.29, 1.82) is 0 Å². The van der Waals surface area contributed by atoms with Gasteiger partial charge in [-0.05, 0) is 19.1 Å². The summed E-state index contributed by atoms with van der Waals surface area (Å²) in [5, 5.41) is 1.12. The topological polar surface area (TPSA) is 46.3 Å². The third-order valence-electron chi connectivity index (χ3n) is 3.11. The summed E-state index contributed by atoms with van der Waals surface area (Å²) in [5.74, 6) is 0.0565. The number of benzene rings is 1. The molecule has 1 amide bonds. The van der Waals surface area contributed by atoms with Crippen molar-refractivity contribution in [3.8, 4) is 0 Å². The minimum Gasteiger partial charge on any atom is -0.334 e. The normalized spacial score (nSPS) is 24.5. The Morgan fingerprint density at radius 3 is 2.53 bits per heavy atom. The third kappa shape index (κ3) is 2.15. The van der Waals surface area contributed by atoms with E-state index in [0.717, 1.165) is 5.56 Å². The third-order valence-corrected chi connectivity index (χ3v) is 3.77. The number of hydrogen-bond donors (Lipinski definition) is 1. The van der Waals surface area contributed by atoms with Crippen molar-refractivity contribution in [3.63, 3.8) is 0 Å². The van der Waals surface area contributed by atoms with E-state index in [2.05, 4.69) is 0 Å². The molecule has 5 heteroatoms. The van der Waals surface area contributed by atoms with Gasteiger partial charge in [0.2, 0.25) is 5.91 Å². The van der Waals surface area contributed by atoms with E-state index < -0.39 is 0 Å². The van der Waals surface area contributed by atoms with Gasteiger partial charge in [0.1, 0.15) is 0 Å². The van der Waals surface area contributed by atoms with E-state index in [9.17, 15) is 4.79 Å². The lowest BCUT2D eigenvalue weighted by molar-refractivity contribution is -0.128. The van der Waals surface area contributed by atoms with Crippen molar-refractivity contribution in [3.05, 3.63) is 33.8 Å². The van der Waals surface area contributed by atoms with Crippen molar-refractivity contribution >= 4 is 29.1 Å². The van der Waals surface area contributed by atoms with Crippen LogP contribution in [-0.2, 0) is 4.79 Å². The lowest BCUT2D eigenvalue weighted by Gasteiger charge is -2.27. The first-order chi connectivity index (χ1) is 8.06. The molecule has 0 saturated carbocycles. The molecule has 1 aromatic carbocycles. The van der Waals surface area contributed by atoms with Gasteiger partial charge in [0.25, 0.3) is 0 Å². The number of likely N-dealkylation sites (tertiary alicyclic amines) is 1. The summed E-state index contributed by atoms with van der Waals surface area (Å²) in [6.45, 7) is 2.53. The van der Waals surface area contributed by atoms with Crippen LogP contribution in [0.5, 0.6) is 0 Å². The highest BCUT2D eigenvalue weighted by molar-refractivity contribution is 6.36. The number of nitrogens with two attached hydrogens (primary N) is 1. The molecule has 2 atom stereocenters. The zero-order valence-electron chi connectivity index (χ0n) is 9.49. The van der Waals surface area contributed by atoms with Crippen LogP contribution < -0.4 is 5.73 Å². The molecule has 2 rings (SSSR count). The maximum atomic E-state index is 11.8. The molecule has 17 heavy (non-hydrogen) atoms. The average molecular weight is 273 g/mol. The number of likely N-dealkylation sites (N-methyl/N-ethyl adjacent to an activating group) is 1. The first kappa shape index (κ1) is 12.7. The Morgan fingerprint density at radius 2 is 2.00 bits per heavy atom. The van der Waals surface area contributed by atoms with E-state index >= 15 is 0 Å². The zero-order valence-corrected chi connectivity index (χ0v) is 11.0. The minimum absolute atomic E-state index is 0.0565. The fourth-order valence-electron chi connectivity index (χ4n) is 2.35. The summed E-state index contributed by atoms with van der Waals surface area (Å²) < 4.78 is 0. The van der Waals surface area contributed by atoms with Crippen LogP contribution in [0.25, 0.3) is 0 Å². The minimum atomic E-state index is -0.250. The maximum Gasteiger partial charge on any atom is 0.224 e. The van der Waals surface area contributed by atoms with Gasteiger partial charge in [-0.3, -0.25) is 4.79 Å². The van der Waals surface area contributed by atoms with Gasteiger partial charge in [0, 0.05) is 34.6 Å². The largest absolute Gasteiger partial charge is 0.334 e. The summed E-state index contributed by atoms with van der Waals surface area (Å²) in [6, 6.07) is 4.86. The standard InChI is InChI=1S/C12H14Cl2N2O/c1-2-16-10(17)6-9(15)12(16)11-7(13)4-3-5-8(11)14/h3-5,9,12H,2,6,15H2,1H3. The Bertz CT molecular complexity index is 430. The molecule has 0 aliphatic carbocycles. The molecule has 2 N–H and O–H groups in total. The molecule has 0 radical (unpaired) electrons. The maximum absolute atomic E-state index is 11.8. The predicted molar refractivity (Wildman–Crippen MR) is 69.2 cm³/mol.